The number of carbonyl (C=O) groups is 1. The van der Waals surface area contributed by atoms with Crippen LogP contribution in [0, 0.1) is 13.8 Å². The van der Waals surface area contributed by atoms with Gasteiger partial charge in [0.15, 0.2) is 0 Å². The predicted octanol–water partition coefficient (Wildman–Crippen LogP) is 4.34. The van der Waals surface area contributed by atoms with Crippen LogP contribution in [-0.4, -0.2) is 90.0 Å². The van der Waals surface area contributed by atoms with Crippen LogP contribution in [0.15, 0.2) is 18.2 Å². The minimum absolute atomic E-state index is 0.0194. The standard InChI is InChI=1S/C27H36ClF3N6O3S/c1-17-24(33-18(2)34-25(17)32-16-19-5-6-22(23(28)15-19)27(29,30)31)26(38)37-13-9-21(10-14-37)36-11-7-20(8-12-36)35(3)41(4,39)40/h5-6,15,20-21H,7-14,16H2,1-4H3,(H,32,33,34). The van der Waals surface area contributed by atoms with Gasteiger partial charge in [0.1, 0.15) is 17.3 Å². The molecule has 4 rings (SSSR count). The van der Waals surface area contributed by atoms with Crippen LogP contribution in [0.2, 0.25) is 5.02 Å². The minimum atomic E-state index is -4.53. The van der Waals surface area contributed by atoms with E-state index in [0.717, 1.165) is 44.8 Å². The molecule has 3 heterocycles. The summed E-state index contributed by atoms with van der Waals surface area (Å²) in [7, 11) is -1.57. The first-order valence-corrected chi connectivity index (χ1v) is 15.8. The first-order chi connectivity index (χ1) is 19.1. The molecule has 0 spiro atoms. The number of benzene rings is 1. The van der Waals surface area contributed by atoms with Crippen molar-refractivity contribution in [2.75, 3.05) is 44.8 Å². The molecule has 0 saturated carbocycles. The van der Waals surface area contributed by atoms with E-state index in [9.17, 15) is 26.4 Å². The normalized spacial score (nSPS) is 18.2. The highest BCUT2D eigenvalue weighted by Crippen LogP contribution is 2.35. The third kappa shape index (κ3) is 7.49. The first kappa shape index (κ1) is 31.5. The van der Waals surface area contributed by atoms with Gasteiger partial charge in [0.05, 0.1) is 16.8 Å². The average Bonchev–Trinajstić information content (AvgIpc) is 2.91. The summed E-state index contributed by atoms with van der Waals surface area (Å²) in [5, 5.41) is 2.74. The largest absolute Gasteiger partial charge is 0.417 e. The zero-order valence-corrected chi connectivity index (χ0v) is 25.2. The smallest absolute Gasteiger partial charge is 0.366 e. The lowest BCUT2D eigenvalue weighted by atomic mass is 9.97. The summed E-state index contributed by atoms with van der Waals surface area (Å²) in [5.41, 5.74) is 0.518. The number of halogens is 4. The summed E-state index contributed by atoms with van der Waals surface area (Å²) in [6, 6.07) is 3.93. The number of hydrogen-bond donors (Lipinski definition) is 1. The molecule has 0 atom stereocenters. The summed E-state index contributed by atoms with van der Waals surface area (Å²) >= 11 is 5.85. The molecule has 1 aromatic carbocycles. The molecule has 41 heavy (non-hydrogen) atoms. The number of nitrogens with one attached hydrogen (secondary N) is 1. The van der Waals surface area contributed by atoms with Crippen LogP contribution in [0.4, 0.5) is 19.0 Å². The molecule has 0 radical (unpaired) electrons. The number of alkyl halides is 3. The van der Waals surface area contributed by atoms with E-state index in [2.05, 4.69) is 20.2 Å². The number of likely N-dealkylation sites (tertiary alicyclic amines) is 2. The van der Waals surface area contributed by atoms with Gasteiger partial charge in [-0.3, -0.25) is 4.79 Å². The zero-order valence-electron chi connectivity index (χ0n) is 23.6. The number of nitrogens with zero attached hydrogens (tertiary/aromatic N) is 5. The lowest BCUT2D eigenvalue weighted by Crippen LogP contribution is -2.52. The van der Waals surface area contributed by atoms with Crippen LogP contribution < -0.4 is 5.32 Å². The fourth-order valence-electron chi connectivity index (χ4n) is 5.56. The first-order valence-electron chi connectivity index (χ1n) is 13.6. The molecule has 2 aliphatic heterocycles. The number of piperidine rings is 2. The summed E-state index contributed by atoms with van der Waals surface area (Å²) in [5.74, 6) is 0.665. The second-order valence-corrected chi connectivity index (χ2v) is 13.3. The van der Waals surface area contributed by atoms with Crippen LogP contribution in [0.1, 0.15) is 58.7 Å². The molecule has 0 unspecified atom stereocenters. The maximum absolute atomic E-state index is 13.5. The van der Waals surface area contributed by atoms with E-state index in [-0.39, 0.29) is 23.5 Å². The van der Waals surface area contributed by atoms with E-state index >= 15 is 0 Å². The molecular weight excluding hydrogens is 581 g/mol. The van der Waals surface area contributed by atoms with Gasteiger partial charge >= 0.3 is 6.18 Å². The molecule has 226 valence electrons. The Morgan fingerprint density at radius 2 is 1.73 bits per heavy atom. The molecule has 0 aliphatic carbocycles. The van der Waals surface area contributed by atoms with E-state index < -0.39 is 21.8 Å². The molecule has 14 heteroatoms. The Bertz CT molecular complexity index is 1380. The van der Waals surface area contributed by atoms with Crippen molar-refractivity contribution in [2.45, 2.75) is 64.3 Å². The van der Waals surface area contributed by atoms with Crippen molar-refractivity contribution in [3.05, 3.63) is 51.4 Å². The van der Waals surface area contributed by atoms with Crippen LogP contribution >= 0.6 is 11.6 Å². The molecule has 2 saturated heterocycles. The fraction of sp³-hybridized carbons (Fsp3) is 0.593. The SMILES string of the molecule is Cc1nc(NCc2ccc(C(F)(F)F)c(Cl)c2)c(C)c(C(=O)N2CCC(N3CCC(N(C)S(C)(=O)=O)CC3)CC2)n1. The number of amides is 1. The maximum Gasteiger partial charge on any atom is 0.417 e. The van der Waals surface area contributed by atoms with Crippen molar-refractivity contribution < 1.29 is 26.4 Å². The average molecular weight is 617 g/mol. The quantitative estimate of drug-likeness (QED) is 0.494. The number of sulfonamides is 1. The number of aromatic nitrogens is 2. The Labute approximate surface area is 244 Å². The van der Waals surface area contributed by atoms with Crippen LogP contribution in [0.25, 0.3) is 0 Å². The van der Waals surface area contributed by atoms with E-state index in [1.165, 1.54) is 22.7 Å². The third-order valence-electron chi connectivity index (χ3n) is 8.06. The second kappa shape index (κ2) is 12.4. The molecule has 2 aromatic rings. The predicted molar refractivity (Wildman–Crippen MR) is 151 cm³/mol. The van der Waals surface area contributed by atoms with Gasteiger partial charge in [-0.25, -0.2) is 22.7 Å². The lowest BCUT2D eigenvalue weighted by Gasteiger charge is -2.43. The van der Waals surface area contributed by atoms with Gasteiger partial charge in [0, 0.05) is 44.3 Å². The van der Waals surface area contributed by atoms with Gasteiger partial charge < -0.3 is 15.1 Å². The Balaban J connectivity index is 1.35. The molecular formula is C27H36ClF3N6O3S. The number of rotatable bonds is 7. The van der Waals surface area contributed by atoms with E-state index in [1.807, 2.05) is 0 Å². The van der Waals surface area contributed by atoms with Crippen LogP contribution in [0.3, 0.4) is 0 Å². The summed E-state index contributed by atoms with van der Waals surface area (Å²) in [6.45, 7) is 6.43. The van der Waals surface area contributed by atoms with Gasteiger partial charge in [-0.2, -0.15) is 13.2 Å². The summed E-state index contributed by atoms with van der Waals surface area (Å²) in [4.78, 5) is 26.5. The van der Waals surface area contributed by atoms with E-state index in [0.29, 0.717) is 47.6 Å². The molecule has 0 bridgehead atoms. The highest BCUT2D eigenvalue weighted by atomic mass is 35.5. The topological polar surface area (TPSA) is 98.7 Å². The van der Waals surface area contributed by atoms with Crippen LogP contribution in [0.5, 0.6) is 0 Å². The number of carbonyl (C=O) groups excluding carboxylic acids is 1. The number of hydrogen-bond acceptors (Lipinski definition) is 7. The Kier molecular flexibility index (Phi) is 9.52. The van der Waals surface area contributed by atoms with Crippen molar-refractivity contribution in [2.24, 2.45) is 0 Å². The Hall–Kier alpha value is -2.48. The zero-order chi connectivity index (χ0) is 30.1. The molecule has 1 aromatic heterocycles. The molecule has 2 aliphatic rings. The Morgan fingerprint density at radius 1 is 1.10 bits per heavy atom. The highest BCUT2D eigenvalue weighted by Gasteiger charge is 2.34. The Morgan fingerprint density at radius 3 is 2.29 bits per heavy atom. The van der Waals surface area contributed by atoms with Gasteiger partial charge in [-0.05, 0) is 70.3 Å². The molecule has 1 amide bonds. The minimum Gasteiger partial charge on any atom is -0.366 e. The highest BCUT2D eigenvalue weighted by molar-refractivity contribution is 7.88. The molecule has 9 nitrogen and oxygen atoms in total. The molecule has 2 fully saturated rings. The van der Waals surface area contributed by atoms with Crippen molar-refractivity contribution in [1.29, 1.82) is 0 Å². The second-order valence-electron chi connectivity index (χ2n) is 10.8. The van der Waals surface area contributed by atoms with Gasteiger partial charge in [-0.15, -0.1) is 0 Å². The van der Waals surface area contributed by atoms with Crippen molar-refractivity contribution >= 4 is 33.3 Å². The summed E-state index contributed by atoms with van der Waals surface area (Å²) in [6.07, 6.45) is -0.0715. The fourth-order valence-corrected chi connectivity index (χ4v) is 6.62. The number of aryl methyl sites for hydroxylation is 1. The van der Waals surface area contributed by atoms with Crippen LogP contribution in [-0.2, 0) is 22.7 Å². The van der Waals surface area contributed by atoms with Crippen molar-refractivity contribution in [1.82, 2.24) is 24.1 Å². The maximum atomic E-state index is 13.5. The lowest BCUT2D eigenvalue weighted by molar-refractivity contribution is -0.137. The monoisotopic (exact) mass is 616 g/mol. The van der Waals surface area contributed by atoms with Gasteiger partial charge in [0.2, 0.25) is 10.0 Å². The van der Waals surface area contributed by atoms with Gasteiger partial charge in [0.25, 0.3) is 5.91 Å². The number of anilines is 1. The third-order valence-corrected chi connectivity index (χ3v) is 9.72. The van der Waals surface area contributed by atoms with Crippen molar-refractivity contribution in [3.63, 3.8) is 0 Å². The van der Waals surface area contributed by atoms with E-state index in [4.69, 9.17) is 11.6 Å². The summed E-state index contributed by atoms with van der Waals surface area (Å²) < 4.78 is 64.3. The molecule has 1 N–H and O–H groups in total. The van der Waals surface area contributed by atoms with E-state index in [1.54, 1.807) is 25.8 Å². The van der Waals surface area contributed by atoms with Crippen molar-refractivity contribution in [3.8, 4) is 0 Å². The van der Waals surface area contributed by atoms with Gasteiger partial charge in [-0.1, -0.05) is 17.7 Å².